The molecule has 4 rings (SSSR count). The molecule has 3 heterocycles. The van der Waals surface area contributed by atoms with Crippen molar-refractivity contribution in [1.29, 1.82) is 0 Å². The summed E-state index contributed by atoms with van der Waals surface area (Å²) in [6, 6.07) is 7.85. The molecular weight excluding hydrogens is 442 g/mol. The smallest absolute Gasteiger partial charge is 0.262 e. The van der Waals surface area contributed by atoms with Crippen molar-refractivity contribution in [2.45, 2.75) is 24.7 Å². The zero-order chi connectivity index (χ0) is 23.4. The number of hydrogen-bond donors (Lipinski definition) is 2. The van der Waals surface area contributed by atoms with Gasteiger partial charge in [0.05, 0.1) is 29.5 Å². The first-order valence-electron chi connectivity index (χ1n) is 11.3. The molecule has 2 aliphatic rings. The van der Waals surface area contributed by atoms with E-state index >= 15 is 0 Å². The van der Waals surface area contributed by atoms with Gasteiger partial charge in [-0.3, -0.25) is 9.52 Å². The van der Waals surface area contributed by atoms with E-state index in [2.05, 4.69) is 26.8 Å². The van der Waals surface area contributed by atoms with Crippen molar-refractivity contribution in [2.75, 3.05) is 56.0 Å². The van der Waals surface area contributed by atoms with Crippen molar-refractivity contribution in [3.63, 3.8) is 0 Å². The third kappa shape index (κ3) is 5.39. The first-order valence-corrected chi connectivity index (χ1v) is 12.8. The number of hydrogen-bond acceptors (Lipinski definition) is 7. The Balaban J connectivity index is 1.65. The monoisotopic (exact) mass is 473 g/mol. The maximum absolute atomic E-state index is 13.5. The number of sulfonamides is 1. The van der Waals surface area contributed by atoms with E-state index in [1.165, 1.54) is 25.4 Å². The number of aromatic nitrogens is 1. The fourth-order valence-electron chi connectivity index (χ4n) is 4.16. The van der Waals surface area contributed by atoms with Crippen LogP contribution >= 0.6 is 0 Å². The topological polar surface area (TPSA) is 104 Å². The summed E-state index contributed by atoms with van der Waals surface area (Å²) in [5.74, 6) is 1.54. The average molecular weight is 474 g/mol. The van der Waals surface area contributed by atoms with Gasteiger partial charge in [0.15, 0.2) is 0 Å². The van der Waals surface area contributed by atoms with Crippen LogP contribution in [0.2, 0.25) is 0 Å². The number of ether oxygens (including phenoxy) is 1. The van der Waals surface area contributed by atoms with Gasteiger partial charge in [0.1, 0.15) is 11.6 Å². The lowest BCUT2D eigenvalue weighted by atomic mass is 9.98. The molecule has 1 aromatic carbocycles. The lowest BCUT2D eigenvalue weighted by Gasteiger charge is -2.33. The van der Waals surface area contributed by atoms with Crippen LogP contribution in [0.3, 0.4) is 0 Å². The summed E-state index contributed by atoms with van der Waals surface area (Å²) in [5, 5.41) is 3.30. The summed E-state index contributed by atoms with van der Waals surface area (Å²) in [5.41, 5.74) is 0.683. The summed E-state index contributed by atoms with van der Waals surface area (Å²) in [6.07, 6.45) is 3.40. The van der Waals surface area contributed by atoms with Gasteiger partial charge in [-0.2, -0.15) is 0 Å². The molecule has 2 N–H and O–H groups in total. The molecule has 0 spiro atoms. The number of benzene rings is 1. The van der Waals surface area contributed by atoms with E-state index < -0.39 is 10.0 Å². The fourth-order valence-corrected chi connectivity index (χ4v) is 5.23. The Morgan fingerprint density at radius 3 is 2.58 bits per heavy atom. The SMILES string of the molecule is COc1cccc(S(=O)(=O)Nc2cnc(N3CCNCC3)c(C(=O)N3CCC(C)CC3)c2)c1. The van der Waals surface area contributed by atoms with Crippen LogP contribution in [-0.4, -0.2) is 70.6 Å². The minimum absolute atomic E-state index is 0.0749. The molecule has 33 heavy (non-hydrogen) atoms. The van der Waals surface area contributed by atoms with Gasteiger partial charge in [-0.05, 0) is 37.0 Å². The highest BCUT2D eigenvalue weighted by molar-refractivity contribution is 7.92. The van der Waals surface area contributed by atoms with Crippen LogP contribution in [0, 0.1) is 5.92 Å². The van der Waals surface area contributed by atoms with E-state index in [0.717, 1.165) is 39.0 Å². The Morgan fingerprint density at radius 2 is 1.88 bits per heavy atom. The minimum Gasteiger partial charge on any atom is -0.497 e. The van der Waals surface area contributed by atoms with Crippen molar-refractivity contribution in [3.05, 3.63) is 42.1 Å². The van der Waals surface area contributed by atoms with Crippen LogP contribution in [-0.2, 0) is 10.0 Å². The zero-order valence-electron chi connectivity index (χ0n) is 19.1. The molecule has 178 valence electrons. The predicted octanol–water partition coefficient (Wildman–Crippen LogP) is 2.17. The molecule has 0 unspecified atom stereocenters. The molecule has 2 aromatic rings. The molecule has 2 aliphatic heterocycles. The van der Waals surface area contributed by atoms with Crippen molar-refractivity contribution < 1.29 is 17.9 Å². The van der Waals surface area contributed by atoms with Crippen LogP contribution in [0.1, 0.15) is 30.1 Å². The quantitative estimate of drug-likeness (QED) is 0.663. The number of piperidine rings is 1. The lowest BCUT2D eigenvalue weighted by molar-refractivity contribution is 0.0697. The fraction of sp³-hybridized carbons (Fsp3) is 0.478. The van der Waals surface area contributed by atoms with Gasteiger partial charge in [0, 0.05) is 45.3 Å². The highest BCUT2D eigenvalue weighted by Crippen LogP contribution is 2.27. The largest absolute Gasteiger partial charge is 0.497 e. The number of pyridine rings is 1. The number of carbonyl (C=O) groups is 1. The molecular formula is C23H31N5O4S. The number of piperazine rings is 1. The lowest BCUT2D eigenvalue weighted by Crippen LogP contribution is -2.45. The van der Waals surface area contributed by atoms with Crippen molar-refractivity contribution in [2.24, 2.45) is 5.92 Å². The Labute approximate surface area is 195 Å². The number of anilines is 2. The Bertz CT molecular complexity index is 1090. The van der Waals surface area contributed by atoms with E-state index in [1.807, 2.05) is 4.90 Å². The standard InChI is InChI=1S/C23H31N5O4S/c1-17-6-10-28(11-7-17)23(29)21-14-18(16-25-22(21)27-12-8-24-9-13-27)26-33(30,31)20-5-3-4-19(15-20)32-2/h3-5,14-17,24,26H,6-13H2,1-2H3. The maximum Gasteiger partial charge on any atom is 0.262 e. The van der Waals surface area contributed by atoms with Gasteiger partial charge >= 0.3 is 0 Å². The molecule has 2 saturated heterocycles. The van der Waals surface area contributed by atoms with Gasteiger partial charge in [-0.1, -0.05) is 13.0 Å². The second kappa shape index (κ2) is 9.96. The number of likely N-dealkylation sites (tertiary alicyclic amines) is 1. The minimum atomic E-state index is -3.88. The van der Waals surface area contributed by atoms with E-state index in [-0.39, 0.29) is 16.5 Å². The summed E-state index contributed by atoms with van der Waals surface area (Å²) < 4.78 is 33.7. The second-order valence-corrected chi connectivity index (χ2v) is 10.3. The molecule has 0 saturated carbocycles. The summed E-state index contributed by atoms with van der Waals surface area (Å²) in [4.78, 5) is 22.0. The molecule has 0 aliphatic carbocycles. The summed E-state index contributed by atoms with van der Waals surface area (Å²) in [7, 11) is -2.39. The van der Waals surface area contributed by atoms with Crippen LogP contribution in [0.5, 0.6) is 5.75 Å². The number of nitrogens with zero attached hydrogens (tertiary/aromatic N) is 3. The van der Waals surface area contributed by atoms with Crippen LogP contribution in [0.4, 0.5) is 11.5 Å². The molecule has 2 fully saturated rings. The van der Waals surface area contributed by atoms with E-state index in [1.54, 1.807) is 18.2 Å². The van der Waals surface area contributed by atoms with E-state index in [0.29, 0.717) is 36.1 Å². The Hall–Kier alpha value is -2.85. The maximum atomic E-state index is 13.5. The van der Waals surface area contributed by atoms with Gasteiger partial charge in [0.25, 0.3) is 15.9 Å². The van der Waals surface area contributed by atoms with E-state index in [4.69, 9.17) is 4.74 Å². The number of methoxy groups -OCH3 is 1. The third-order valence-corrected chi connectivity index (χ3v) is 7.57. The Morgan fingerprint density at radius 1 is 1.15 bits per heavy atom. The molecule has 0 radical (unpaired) electrons. The summed E-state index contributed by atoms with van der Waals surface area (Å²) in [6.45, 7) is 6.67. The number of amides is 1. The van der Waals surface area contributed by atoms with Gasteiger partial charge < -0.3 is 19.9 Å². The second-order valence-electron chi connectivity index (χ2n) is 8.59. The number of nitrogens with one attached hydrogen (secondary N) is 2. The highest BCUT2D eigenvalue weighted by atomic mass is 32.2. The number of carbonyl (C=O) groups excluding carboxylic acids is 1. The van der Waals surface area contributed by atoms with Gasteiger partial charge in [-0.15, -0.1) is 0 Å². The summed E-state index contributed by atoms with van der Waals surface area (Å²) >= 11 is 0. The average Bonchev–Trinajstić information content (AvgIpc) is 2.84. The zero-order valence-corrected chi connectivity index (χ0v) is 19.9. The van der Waals surface area contributed by atoms with Gasteiger partial charge in [-0.25, -0.2) is 13.4 Å². The normalized spacial score (nSPS) is 17.6. The molecule has 1 aromatic heterocycles. The first-order chi connectivity index (χ1) is 15.9. The molecule has 9 nitrogen and oxygen atoms in total. The predicted molar refractivity (Wildman–Crippen MR) is 127 cm³/mol. The molecule has 10 heteroatoms. The van der Waals surface area contributed by atoms with Crippen molar-refractivity contribution in [1.82, 2.24) is 15.2 Å². The van der Waals surface area contributed by atoms with E-state index in [9.17, 15) is 13.2 Å². The van der Waals surface area contributed by atoms with Crippen molar-refractivity contribution >= 4 is 27.4 Å². The third-order valence-electron chi connectivity index (χ3n) is 6.19. The molecule has 0 atom stereocenters. The van der Waals surface area contributed by atoms with Crippen LogP contribution in [0.25, 0.3) is 0 Å². The van der Waals surface area contributed by atoms with Gasteiger partial charge in [0.2, 0.25) is 0 Å². The number of rotatable bonds is 6. The van der Waals surface area contributed by atoms with Crippen LogP contribution in [0.15, 0.2) is 41.4 Å². The van der Waals surface area contributed by atoms with Crippen LogP contribution < -0.4 is 19.7 Å². The molecule has 1 amide bonds. The Kier molecular flexibility index (Phi) is 7.04. The first kappa shape index (κ1) is 23.3. The highest BCUT2D eigenvalue weighted by Gasteiger charge is 2.27. The molecule has 0 bridgehead atoms. The van der Waals surface area contributed by atoms with Crippen molar-refractivity contribution in [3.8, 4) is 5.75 Å².